The molecule has 0 fully saturated rings. The van der Waals surface area contributed by atoms with Crippen LogP contribution < -0.4 is 10.7 Å². The van der Waals surface area contributed by atoms with Crippen LogP contribution in [-0.4, -0.2) is 76.9 Å². The fraction of sp³-hybridized carbons (Fsp3) is 0.391. The molecule has 7 rings (SSSR count). The zero-order valence-electron chi connectivity index (χ0n) is 35.0. The number of aliphatic imine (C=N–C) groups is 2. The molecule has 0 saturated carbocycles. The van der Waals surface area contributed by atoms with Crippen molar-refractivity contribution in [2.24, 2.45) is 9.98 Å². The number of carbonyl (C=O) groups is 4. The second kappa shape index (κ2) is 16.9. The highest BCUT2D eigenvalue weighted by molar-refractivity contribution is 6.52. The second-order valence-electron chi connectivity index (χ2n) is 15.0. The molecule has 4 aliphatic heterocycles. The number of aromatic nitrogens is 3. The summed E-state index contributed by atoms with van der Waals surface area (Å²) >= 11 is 0. The van der Waals surface area contributed by atoms with Gasteiger partial charge in [-0.25, -0.2) is 19.6 Å². The van der Waals surface area contributed by atoms with Gasteiger partial charge in [-0.3, -0.25) is 9.59 Å². The predicted molar refractivity (Wildman–Crippen MR) is 225 cm³/mol. The van der Waals surface area contributed by atoms with E-state index >= 15 is 0 Å². The van der Waals surface area contributed by atoms with Gasteiger partial charge < -0.3 is 33.1 Å². The molecule has 7 heterocycles. The number of carbonyl (C=O) groups excluding carboxylic acids is 4. The summed E-state index contributed by atoms with van der Waals surface area (Å²) in [6.45, 7) is 11.5. The van der Waals surface area contributed by atoms with Gasteiger partial charge in [-0.2, -0.15) is 0 Å². The number of ether oxygens (including phenoxy) is 4. The van der Waals surface area contributed by atoms with Crippen LogP contribution in [0.5, 0.6) is 0 Å². The van der Waals surface area contributed by atoms with Crippen LogP contribution in [0.3, 0.4) is 0 Å². The Hall–Kier alpha value is -6.24. The van der Waals surface area contributed by atoms with E-state index < -0.39 is 24.0 Å². The van der Waals surface area contributed by atoms with Crippen LogP contribution in [0, 0.1) is 13.8 Å². The molecule has 0 radical (unpaired) electrons. The summed E-state index contributed by atoms with van der Waals surface area (Å²) < 4.78 is 25.8. The lowest BCUT2D eigenvalue weighted by atomic mass is 10.0. The lowest BCUT2D eigenvalue weighted by Gasteiger charge is -2.27. The first-order chi connectivity index (χ1) is 28.4. The van der Waals surface area contributed by atoms with Crippen LogP contribution in [0.2, 0.25) is 0 Å². The Morgan fingerprint density at radius 1 is 0.627 bits per heavy atom. The normalized spacial score (nSPS) is 17.2. The summed E-state index contributed by atoms with van der Waals surface area (Å²) in [7, 11) is 2.67. The summed E-state index contributed by atoms with van der Waals surface area (Å²) in [4.78, 5) is 66.1. The van der Waals surface area contributed by atoms with Gasteiger partial charge in [-0.1, -0.05) is 13.8 Å². The number of esters is 4. The van der Waals surface area contributed by atoms with E-state index in [0.29, 0.717) is 61.3 Å². The molecule has 1 N–H and O–H groups in total. The Bertz CT molecular complexity index is 2560. The minimum atomic E-state index is -1.20. The molecular formula is C46H51N5O8. The molecule has 3 aromatic heterocycles. The topological polar surface area (TPSA) is 156 Å². The second-order valence-corrected chi connectivity index (χ2v) is 15.0. The highest BCUT2D eigenvalue weighted by atomic mass is 16.5. The molecule has 308 valence electrons. The number of fused-ring (bicyclic) bond motifs is 6. The SMILES string of the molecule is CCc1c(CC)c2n3c1=Cc1[nH]c(c(C)c1CCCOC(C)=O)C=C1C=CC(=N1)C1=NC(=Cc4c(C)c(CCCOC(C)=O)c(n4C(C(=O)OC)C3C(=O)OC)C=2)C=C1. The molecule has 13 nitrogen and oxygen atoms in total. The van der Waals surface area contributed by atoms with E-state index in [1.54, 1.807) is 0 Å². The molecule has 0 saturated heterocycles. The molecule has 0 aromatic carbocycles. The Morgan fingerprint density at radius 3 is 1.69 bits per heavy atom. The van der Waals surface area contributed by atoms with Gasteiger partial charge in [0.2, 0.25) is 0 Å². The molecular weight excluding hydrogens is 751 g/mol. The van der Waals surface area contributed by atoms with Crippen LogP contribution in [0.15, 0.2) is 45.7 Å². The Labute approximate surface area is 343 Å². The van der Waals surface area contributed by atoms with E-state index in [-0.39, 0.29) is 25.2 Å². The maximum absolute atomic E-state index is 14.6. The smallest absolute Gasteiger partial charge is 0.331 e. The first-order valence-electron chi connectivity index (χ1n) is 20.2. The molecule has 59 heavy (non-hydrogen) atoms. The van der Waals surface area contributed by atoms with Crippen LogP contribution in [0.4, 0.5) is 0 Å². The summed E-state index contributed by atoms with van der Waals surface area (Å²) in [6.07, 6.45) is 19.4. The molecule has 2 unspecified atom stereocenters. The number of hydrogen-bond donors (Lipinski definition) is 1. The number of methoxy groups -OCH3 is 2. The van der Waals surface area contributed by atoms with E-state index in [0.717, 1.165) is 66.9 Å². The maximum atomic E-state index is 14.6. The van der Waals surface area contributed by atoms with Gasteiger partial charge in [-0.15, -0.1) is 0 Å². The third-order valence-corrected chi connectivity index (χ3v) is 11.5. The number of nitrogens with one attached hydrogen (secondary N) is 1. The van der Waals surface area contributed by atoms with Crippen molar-refractivity contribution in [1.82, 2.24) is 14.1 Å². The third kappa shape index (κ3) is 7.61. The van der Waals surface area contributed by atoms with Gasteiger partial charge in [-0.05, 0) is 134 Å². The standard InChI is InChI=1S/C46H51N5O8/c1-9-31-32(10-2)41-24-42-34(14-12-20-59-28(6)53)26(4)39-22-30-16-18-36(48-30)35-17-15-29(47-35)21-37-25(3)33(13-11-19-58-27(5)52)38(49-37)23-40(31)51(41)44(46(55)57-8)43(50(39)42)45(54)56-7/h15-18,21-24,43-44,49H,9-14,19-20H2,1-8H3. The van der Waals surface area contributed by atoms with Crippen LogP contribution >= 0.6 is 0 Å². The fourth-order valence-electron chi connectivity index (χ4n) is 8.83. The number of allylic oxidation sites excluding steroid dienone is 4. The van der Waals surface area contributed by atoms with Crippen molar-refractivity contribution in [3.05, 3.63) is 103 Å². The minimum Gasteiger partial charge on any atom is -0.467 e. The monoisotopic (exact) mass is 801 g/mol. The molecule has 0 aliphatic carbocycles. The van der Waals surface area contributed by atoms with Crippen molar-refractivity contribution in [1.29, 1.82) is 0 Å². The van der Waals surface area contributed by atoms with Crippen molar-refractivity contribution in [2.45, 2.75) is 92.2 Å². The number of aromatic amines is 1. The number of H-pyrrole nitrogens is 1. The van der Waals surface area contributed by atoms with E-state index in [4.69, 9.17) is 28.9 Å². The van der Waals surface area contributed by atoms with E-state index in [9.17, 15) is 19.2 Å². The van der Waals surface area contributed by atoms with Gasteiger partial charge in [0, 0.05) is 47.3 Å². The number of rotatable bonds is 12. The molecule has 13 heteroatoms. The first kappa shape index (κ1) is 40.9. The van der Waals surface area contributed by atoms with Crippen molar-refractivity contribution < 1.29 is 38.1 Å². The molecule has 8 bridgehead atoms. The average Bonchev–Trinajstić information content (AvgIpc) is 4.02. The van der Waals surface area contributed by atoms with Crippen LogP contribution in [0.1, 0.15) is 109 Å². The quantitative estimate of drug-likeness (QED) is 0.150. The minimum absolute atomic E-state index is 0.222. The number of nitrogens with zero attached hydrogens (tertiary/aromatic N) is 4. The zero-order valence-corrected chi connectivity index (χ0v) is 35.0. The van der Waals surface area contributed by atoms with Crippen molar-refractivity contribution in [3.8, 4) is 0 Å². The summed E-state index contributed by atoms with van der Waals surface area (Å²) in [5, 5.41) is 1.55. The van der Waals surface area contributed by atoms with Crippen molar-refractivity contribution in [3.63, 3.8) is 0 Å². The Balaban J connectivity index is 1.63. The first-order valence-corrected chi connectivity index (χ1v) is 20.2. The Morgan fingerprint density at radius 2 is 1.15 bits per heavy atom. The molecule has 0 amide bonds. The van der Waals surface area contributed by atoms with E-state index in [1.807, 2.05) is 52.5 Å². The largest absolute Gasteiger partial charge is 0.467 e. The zero-order chi connectivity index (χ0) is 42.1. The molecule has 2 atom stereocenters. The van der Waals surface area contributed by atoms with Gasteiger partial charge in [0.1, 0.15) is 0 Å². The summed E-state index contributed by atoms with van der Waals surface area (Å²) in [5.41, 5.74) is 11.9. The average molecular weight is 802 g/mol. The van der Waals surface area contributed by atoms with Crippen molar-refractivity contribution in [2.75, 3.05) is 27.4 Å². The predicted octanol–water partition coefficient (Wildman–Crippen LogP) is 5.17. The maximum Gasteiger partial charge on any atom is 0.331 e. The van der Waals surface area contributed by atoms with Gasteiger partial charge in [0.05, 0.1) is 50.3 Å². The highest BCUT2D eigenvalue weighted by Crippen LogP contribution is 2.38. The molecule has 0 spiro atoms. The van der Waals surface area contributed by atoms with Crippen LogP contribution in [0.25, 0.3) is 24.3 Å². The molecule has 4 aliphatic rings. The van der Waals surface area contributed by atoms with Crippen LogP contribution in [-0.2, 0) is 63.8 Å². The summed E-state index contributed by atoms with van der Waals surface area (Å²) in [5.74, 6) is -1.91. The van der Waals surface area contributed by atoms with E-state index in [2.05, 4.69) is 37.9 Å². The summed E-state index contributed by atoms with van der Waals surface area (Å²) in [6, 6.07) is -2.39. The van der Waals surface area contributed by atoms with Gasteiger partial charge in [0.25, 0.3) is 0 Å². The van der Waals surface area contributed by atoms with Crippen molar-refractivity contribution >= 4 is 59.6 Å². The van der Waals surface area contributed by atoms with Gasteiger partial charge in [0.15, 0.2) is 12.1 Å². The molecule has 3 aromatic rings. The van der Waals surface area contributed by atoms with Gasteiger partial charge >= 0.3 is 23.9 Å². The lowest BCUT2D eigenvalue weighted by molar-refractivity contribution is -0.155. The highest BCUT2D eigenvalue weighted by Gasteiger charge is 2.44. The Kier molecular flexibility index (Phi) is 11.7. The van der Waals surface area contributed by atoms with E-state index in [1.165, 1.54) is 28.1 Å². The third-order valence-electron chi connectivity index (χ3n) is 11.5. The lowest BCUT2D eigenvalue weighted by Crippen LogP contribution is -2.43. The fourth-order valence-corrected chi connectivity index (χ4v) is 8.83. The number of hydrogen-bond acceptors (Lipinski definition) is 10.